The van der Waals surface area contributed by atoms with Crippen LogP contribution in [0, 0.1) is 13.8 Å². The first-order chi connectivity index (χ1) is 10.2. The van der Waals surface area contributed by atoms with E-state index >= 15 is 0 Å². The second-order valence-electron chi connectivity index (χ2n) is 4.98. The molecule has 0 fully saturated rings. The van der Waals surface area contributed by atoms with Gasteiger partial charge in [0.15, 0.2) is 0 Å². The van der Waals surface area contributed by atoms with Gasteiger partial charge in [0.2, 0.25) is 0 Å². The number of carbonyl (C=O) groups is 1. The van der Waals surface area contributed by atoms with Crippen LogP contribution >= 0.6 is 11.3 Å². The second-order valence-corrected chi connectivity index (χ2v) is 8.35. The Balaban J connectivity index is 2.39. The van der Waals surface area contributed by atoms with Gasteiger partial charge in [-0.1, -0.05) is 12.1 Å². The number of thiophene rings is 1. The van der Waals surface area contributed by atoms with Crippen LogP contribution in [-0.4, -0.2) is 26.5 Å². The Labute approximate surface area is 133 Å². The molecule has 7 heteroatoms. The van der Waals surface area contributed by atoms with E-state index in [9.17, 15) is 13.2 Å². The van der Waals surface area contributed by atoms with Crippen molar-refractivity contribution in [2.24, 2.45) is 0 Å². The molecule has 0 aliphatic rings. The summed E-state index contributed by atoms with van der Waals surface area (Å²) in [6.45, 7) is 3.80. The zero-order valence-electron chi connectivity index (χ0n) is 12.5. The lowest BCUT2D eigenvalue weighted by Crippen LogP contribution is -2.26. The smallest absolute Gasteiger partial charge is 0.308 e. The summed E-state index contributed by atoms with van der Waals surface area (Å²) in [5.41, 5.74) is 2.53. The van der Waals surface area contributed by atoms with Crippen molar-refractivity contribution in [1.29, 1.82) is 0 Å². The van der Waals surface area contributed by atoms with E-state index in [1.54, 1.807) is 12.1 Å². The normalized spacial score (nSPS) is 11.4. The summed E-state index contributed by atoms with van der Waals surface area (Å²) in [4.78, 5) is 11.2. The maximum Gasteiger partial charge on any atom is 0.308 e. The van der Waals surface area contributed by atoms with Crippen molar-refractivity contribution >= 4 is 33.0 Å². The number of benzene rings is 1. The second kappa shape index (κ2) is 6.10. The Hall–Kier alpha value is -1.86. The molecule has 0 atom stereocenters. The molecule has 0 bridgehead atoms. The van der Waals surface area contributed by atoms with Crippen LogP contribution in [0.2, 0.25) is 0 Å². The first-order valence-electron chi connectivity index (χ1n) is 6.59. The van der Waals surface area contributed by atoms with Crippen molar-refractivity contribution in [3.05, 3.63) is 46.3 Å². The number of nitrogens with zero attached hydrogens (tertiary/aromatic N) is 1. The van der Waals surface area contributed by atoms with E-state index in [-0.39, 0.29) is 10.6 Å². The fourth-order valence-corrected chi connectivity index (χ4v) is 4.85. The summed E-state index contributed by atoms with van der Waals surface area (Å²) in [6.07, 6.45) is -0.173. The number of aliphatic carboxylic acids is 1. The SMILES string of the molecule is Cc1cccc(N(C)S(=O)(=O)c2ccc(CC(=O)O)s2)c1C. The lowest BCUT2D eigenvalue weighted by Gasteiger charge is -2.21. The molecule has 0 radical (unpaired) electrons. The molecule has 2 rings (SSSR count). The molecule has 1 heterocycles. The molecule has 22 heavy (non-hydrogen) atoms. The number of carboxylic acids is 1. The molecular formula is C15H17NO4S2. The predicted molar refractivity (Wildman–Crippen MR) is 87.2 cm³/mol. The molecule has 0 aliphatic heterocycles. The van der Waals surface area contributed by atoms with Gasteiger partial charge < -0.3 is 5.11 Å². The summed E-state index contributed by atoms with van der Waals surface area (Å²) in [6, 6.07) is 8.50. The van der Waals surface area contributed by atoms with Crippen molar-refractivity contribution in [1.82, 2.24) is 0 Å². The standard InChI is InChI=1S/C15H17NO4S2/c1-10-5-4-6-13(11(10)2)16(3)22(19,20)15-8-7-12(21-15)9-14(17)18/h4-8H,9H2,1-3H3,(H,17,18). The number of aryl methyl sites for hydroxylation is 1. The highest BCUT2D eigenvalue weighted by molar-refractivity contribution is 7.94. The Morgan fingerprint density at radius 3 is 2.55 bits per heavy atom. The molecule has 1 aromatic heterocycles. The Kier molecular flexibility index (Phi) is 4.58. The summed E-state index contributed by atoms with van der Waals surface area (Å²) in [5, 5.41) is 8.78. The highest BCUT2D eigenvalue weighted by Crippen LogP contribution is 2.30. The minimum atomic E-state index is -3.69. The van der Waals surface area contributed by atoms with Gasteiger partial charge in [0, 0.05) is 11.9 Å². The Morgan fingerprint density at radius 2 is 1.91 bits per heavy atom. The maximum absolute atomic E-state index is 12.7. The monoisotopic (exact) mass is 339 g/mol. The molecule has 1 N–H and O–H groups in total. The summed E-state index contributed by atoms with van der Waals surface area (Å²) in [7, 11) is -2.18. The van der Waals surface area contributed by atoms with Crippen LogP contribution in [0.3, 0.4) is 0 Å². The minimum Gasteiger partial charge on any atom is -0.481 e. The fraction of sp³-hybridized carbons (Fsp3) is 0.267. The summed E-state index contributed by atoms with van der Waals surface area (Å²) >= 11 is 0.991. The van der Waals surface area contributed by atoms with Crippen LogP contribution in [0.1, 0.15) is 16.0 Å². The zero-order valence-corrected chi connectivity index (χ0v) is 14.2. The largest absolute Gasteiger partial charge is 0.481 e. The lowest BCUT2D eigenvalue weighted by molar-refractivity contribution is -0.136. The predicted octanol–water partition coefficient (Wildman–Crippen LogP) is 2.82. The average molecular weight is 339 g/mol. The van der Waals surface area contributed by atoms with Crippen LogP contribution in [0.4, 0.5) is 5.69 Å². The molecule has 118 valence electrons. The molecule has 0 amide bonds. The summed E-state index contributed by atoms with van der Waals surface area (Å²) < 4.78 is 26.8. The third-order valence-corrected chi connectivity index (χ3v) is 6.82. The molecule has 0 aliphatic carbocycles. The van der Waals surface area contributed by atoms with Gasteiger partial charge in [0.05, 0.1) is 12.1 Å². The quantitative estimate of drug-likeness (QED) is 0.909. The van der Waals surface area contributed by atoms with Crippen molar-refractivity contribution in [3.63, 3.8) is 0 Å². The van der Waals surface area contributed by atoms with Crippen molar-refractivity contribution in [2.45, 2.75) is 24.5 Å². The first kappa shape index (κ1) is 16.5. The highest BCUT2D eigenvalue weighted by Gasteiger charge is 2.25. The number of anilines is 1. The van der Waals surface area contributed by atoms with Crippen LogP contribution in [0.25, 0.3) is 0 Å². The number of rotatable bonds is 5. The van der Waals surface area contributed by atoms with E-state index < -0.39 is 16.0 Å². The van der Waals surface area contributed by atoms with E-state index in [1.807, 2.05) is 26.0 Å². The maximum atomic E-state index is 12.7. The highest BCUT2D eigenvalue weighted by atomic mass is 32.2. The zero-order chi connectivity index (χ0) is 16.5. The van der Waals surface area contributed by atoms with E-state index in [0.29, 0.717) is 10.6 Å². The van der Waals surface area contributed by atoms with Crippen molar-refractivity contribution in [2.75, 3.05) is 11.4 Å². The number of sulfonamides is 1. The van der Waals surface area contributed by atoms with Gasteiger partial charge in [-0.2, -0.15) is 0 Å². The van der Waals surface area contributed by atoms with E-state index in [0.717, 1.165) is 22.5 Å². The van der Waals surface area contributed by atoms with Gasteiger partial charge in [-0.15, -0.1) is 11.3 Å². The number of hydrogen-bond acceptors (Lipinski definition) is 4. The fourth-order valence-electron chi connectivity index (χ4n) is 2.08. The molecule has 2 aromatic rings. The van der Waals surface area contributed by atoms with Crippen LogP contribution in [0.15, 0.2) is 34.5 Å². The van der Waals surface area contributed by atoms with Gasteiger partial charge >= 0.3 is 5.97 Å². The lowest BCUT2D eigenvalue weighted by atomic mass is 10.1. The topological polar surface area (TPSA) is 74.7 Å². The van der Waals surface area contributed by atoms with Crippen molar-refractivity contribution < 1.29 is 18.3 Å². The molecule has 0 saturated heterocycles. The number of hydrogen-bond donors (Lipinski definition) is 1. The van der Waals surface area contributed by atoms with Gasteiger partial charge in [0.1, 0.15) is 4.21 Å². The van der Waals surface area contributed by atoms with E-state index in [1.165, 1.54) is 17.4 Å². The molecule has 5 nitrogen and oxygen atoms in total. The number of carboxylic acid groups (broad SMARTS) is 1. The minimum absolute atomic E-state index is 0.146. The van der Waals surface area contributed by atoms with Crippen LogP contribution in [-0.2, 0) is 21.2 Å². The molecule has 0 spiro atoms. The summed E-state index contributed by atoms with van der Waals surface area (Å²) in [5.74, 6) is -0.978. The van der Waals surface area contributed by atoms with Crippen LogP contribution in [0.5, 0.6) is 0 Å². The van der Waals surface area contributed by atoms with E-state index in [2.05, 4.69) is 0 Å². The average Bonchev–Trinajstić information content (AvgIpc) is 2.89. The third-order valence-electron chi connectivity index (χ3n) is 3.49. The Bertz CT molecular complexity index is 809. The van der Waals surface area contributed by atoms with Gasteiger partial charge in [-0.3, -0.25) is 9.10 Å². The molecule has 0 unspecified atom stereocenters. The van der Waals surface area contributed by atoms with Gasteiger partial charge in [-0.05, 0) is 43.2 Å². The molecule has 1 aromatic carbocycles. The van der Waals surface area contributed by atoms with Crippen molar-refractivity contribution in [3.8, 4) is 0 Å². The van der Waals surface area contributed by atoms with Gasteiger partial charge in [0.25, 0.3) is 10.0 Å². The first-order valence-corrected chi connectivity index (χ1v) is 8.85. The molecule has 0 saturated carbocycles. The third kappa shape index (κ3) is 3.15. The Morgan fingerprint density at radius 1 is 1.23 bits per heavy atom. The van der Waals surface area contributed by atoms with Gasteiger partial charge in [-0.25, -0.2) is 8.42 Å². The van der Waals surface area contributed by atoms with Crippen LogP contribution < -0.4 is 4.31 Å². The molecular weight excluding hydrogens is 322 g/mol. The van der Waals surface area contributed by atoms with E-state index in [4.69, 9.17) is 5.11 Å².